The predicted octanol–water partition coefficient (Wildman–Crippen LogP) is 3.58. The van der Waals surface area contributed by atoms with Crippen LogP contribution < -0.4 is 10.6 Å². The van der Waals surface area contributed by atoms with E-state index in [9.17, 15) is 8.78 Å². The third kappa shape index (κ3) is 4.40. The molecule has 1 aromatic carbocycles. The Morgan fingerprint density at radius 3 is 2.58 bits per heavy atom. The third-order valence-electron chi connectivity index (χ3n) is 2.71. The molecule has 104 valence electrons. The van der Waals surface area contributed by atoms with Crippen molar-refractivity contribution in [1.82, 2.24) is 0 Å². The highest BCUT2D eigenvalue weighted by atomic mass is 19.3. The number of hydrogen-bond donors (Lipinski definition) is 1. The number of nitrogens with zero attached hydrogens (tertiary/aromatic N) is 2. The molecule has 3 nitrogen and oxygen atoms in total. The first-order valence-electron chi connectivity index (χ1n) is 6.25. The van der Waals surface area contributed by atoms with Gasteiger partial charge in [0, 0.05) is 30.0 Å². The predicted molar refractivity (Wildman–Crippen MR) is 73.1 cm³/mol. The van der Waals surface area contributed by atoms with Crippen LogP contribution in [-0.2, 0) is 0 Å². The second kappa shape index (κ2) is 6.93. The molecule has 0 radical (unpaired) electrons. The van der Waals surface area contributed by atoms with E-state index >= 15 is 0 Å². The van der Waals surface area contributed by atoms with Crippen molar-refractivity contribution in [3.05, 3.63) is 23.8 Å². The molecule has 0 heterocycles. The van der Waals surface area contributed by atoms with Gasteiger partial charge < -0.3 is 10.6 Å². The lowest BCUT2D eigenvalue weighted by Crippen LogP contribution is -2.29. The van der Waals surface area contributed by atoms with Gasteiger partial charge in [-0.15, -0.1) is 0 Å². The molecule has 0 spiro atoms. The summed E-state index contributed by atoms with van der Waals surface area (Å²) in [5.74, 6) is 0.321. The van der Waals surface area contributed by atoms with Crippen molar-refractivity contribution in [2.75, 3.05) is 23.7 Å². The standard InChI is InChI=1S/C14H19F2N3/c1-10(2)9-19(7-3-6-17)13-5-4-11(18)8-12(13)14(15)16/h4-5,8,10,14H,3,7,9,18H2,1-2H3. The highest BCUT2D eigenvalue weighted by Crippen LogP contribution is 2.32. The first kappa shape index (κ1) is 15.2. The van der Waals surface area contributed by atoms with Crippen LogP contribution in [0, 0.1) is 17.2 Å². The number of nitriles is 1. The highest BCUT2D eigenvalue weighted by Gasteiger charge is 2.18. The van der Waals surface area contributed by atoms with Crippen molar-refractivity contribution < 1.29 is 8.78 Å². The molecular weight excluding hydrogens is 248 g/mol. The summed E-state index contributed by atoms with van der Waals surface area (Å²) in [7, 11) is 0. The van der Waals surface area contributed by atoms with E-state index in [1.54, 1.807) is 12.1 Å². The smallest absolute Gasteiger partial charge is 0.265 e. The molecule has 0 saturated heterocycles. The molecule has 0 aliphatic carbocycles. The number of benzene rings is 1. The first-order chi connectivity index (χ1) is 8.95. The van der Waals surface area contributed by atoms with Gasteiger partial charge in [-0.25, -0.2) is 8.78 Å². The monoisotopic (exact) mass is 267 g/mol. The van der Waals surface area contributed by atoms with Gasteiger partial charge in [0.25, 0.3) is 6.43 Å². The fraction of sp³-hybridized carbons (Fsp3) is 0.500. The van der Waals surface area contributed by atoms with Gasteiger partial charge in [-0.2, -0.15) is 5.26 Å². The molecule has 0 aliphatic heterocycles. The van der Waals surface area contributed by atoms with Gasteiger partial charge in [0.1, 0.15) is 0 Å². The zero-order valence-corrected chi connectivity index (χ0v) is 11.2. The van der Waals surface area contributed by atoms with Crippen molar-refractivity contribution in [3.63, 3.8) is 0 Å². The van der Waals surface area contributed by atoms with E-state index in [1.807, 2.05) is 24.8 Å². The SMILES string of the molecule is CC(C)CN(CCC#N)c1ccc(N)cc1C(F)F. The lowest BCUT2D eigenvalue weighted by atomic mass is 10.1. The topological polar surface area (TPSA) is 53.0 Å². The van der Waals surface area contributed by atoms with Crippen LogP contribution in [0.5, 0.6) is 0 Å². The molecule has 1 rings (SSSR count). The summed E-state index contributed by atoms with van der Waals surface area (Å²) in [6, 6.07) is 6.57. The van der Waals surface area contributed by atoms with Crippen molar-refractivity contribution in [2.24, 2.45) is 5.92 Å². The van der Waals surface area contributed by atoms with Crippen molar-refractivity contribution >= 4 is 11.4 Å². The summed E-state index contributed by atoms with van der Waals surface area (Å²) >= 11 is 0. The van der Waals surface area contributed by atoms with E-state index in [1.165, 1.54) is 6.07 Å². The first-order valence-corrected chi connectivity index (χ1v) is 6.25. The van der Waals surface area contributed by atoms with Crippen molar-refractivity contribution in [1.29, 1.82) is 5.26 Å². The van der Waals surface area contributed by atoms with Crippen LogP contribution >= 0.6 is 0 Å². The summed E-state index contributed by atoms with van der Waals surface area (Å²) in [5, 5.41) is 8.67. The molecule has 0 atom stereocenters. The van der Waals surface area contributed by atoms with Gasteiger partial charge in [-0.3, -0.25) is 0 Å². The zero-order valence-electron chi connectivity index (χ0n) is 11.2. The van der Waals surface area contributed by atoms with E-state index in [4.69, 9.17) is 11.0 Å². The molecule has 0 saturated carbocycles. The van der Waals surface area contributed by atoms with Crippen LogP contribution in [0.3, 0.4) is 0 Å². The number of rotatable bonds is 6. The second-order valence-electron chi connectivity index (χ2n) is 4.87. The van der Waals surface area contributed by atoms with Gasteiger partial charge in [0.05, 0.1) is 12.5 Å². The summed E-state index contributed by atoms with van der Waals surface area (Å²) in [6.07, 6.45) is -2.27. The minimum Gasteiger partial charge on any atom is -0.399 e. The Morgan fingerprint density at radius 2 is 2.05 bits per heavy atom. The molecule has 5 heteroatoms. The molecule has 1 aromatic rings. The van der Waals surface area contributed by atoms with Crippen molar-refractivity contribution in [3.8, 4) is 6.07 Å². The van der Waals surface area contributed by atoms with Crippen LogP contribution in [0.15, 0.2) is 18.2 Å². The molecule has 0 unspecified atom stereocenters. The Labute approximate surface area is 112 Å². The fourth-order valence-corrected chi connectivity index (χ4v) is 1.97. The van der Waals surface area contributed by atoms with Gasteiger partial charge in [0.2, 0.25) is 0 Å². The second-order valence-corrected chi connectivity index (χ2v) is 4.87. The number of nitrogen functional groups attached to an aromatic ring is 1. The van der Waals surface area contributed by atoms with Crippen LogP contribution in [0.4, 0.5) is 20.2 Å². The zero-order chi connectivity index (χ0) is 14.4. The molecule has 0 bridgehead atoms. The number of anilines is 2. The normalized spacial score (nSPS) is 10.8. The molecular formula is C14H19F2N3. The molecule has 19 heavy (non-hydrogen) atoms. The Morgan fingerprint density at radius 1 is 1.37 bits per heavy atom. The minimum atomic E-state index is -2.57. The number of alkyl halides is 2. The van der Waals surface area contributed by atoms with Gasteiger partial charge in [-0.1, -0.05) is 13.8 Å². The van der Waals surface area contributed by atoms with Crippen molar-refractivity contribution in [2.45, 2.75) is 26.7 Å². The molecule has 0 amide bonds. The Balaban J connectivity index is 3.10. The largest absolute Gasteiger partial charge is 0.399 e. The van der Waals surface area contributed by atoms with Crippen LogP contribution in [0.25, 0.3) is 0 Å². The van der Waals surface area contributed by atoms with Gasteiger partial charge in [0.15, 0.2) is 0 Å². The van der Waals surface area contributed by atoms with E-state index in [-0.39, 0.29) is 5.56 Å². The summed E-state index contributed by atoms with van der Waals surface area (Å²) in [5.41, 5.74) is 6.28. The Bertz CT molecular complexity index is 452. The maximum Gasteiger partial charge on any atom is 0.265 e. The van der Waals surface area contributed by atoms with E-state index in [2.05, 4.69) is 0 Å². The maximum atomic E-state index is 13.1. The van der Waals surface area contributed by atoms with Crippen LogP contribution in [-0.4, -0.2) is 13.1 Å². The quantitative estimate of drug-likeness (QED) is 0.801. The minimum absolute atomic E-state index is 0.0708. The molecule has 0 aliphatic rings. The third-order valence-corrected chi connectivity index (χ3v) is 2.71. The molecule has 0 aromatic heterocycles. The van der Waals surface area contributed by atoms with Gasteiger partial charge in [-0.05, 0) is 24.1 Å². The number of hydrogen-bond acceptors (Lipinski definition) is 3. The highest BCUT2D eigenvalue weighted by molar-refractivity contribution is 5.60. The van der Waals surface area contributed by atoms with Crippen LogP contribution in [0.2, 0.25) is 0 Å². The molecule has 2 N–H and O–H groups in total. The average Bonchev–Trinajstić information content (AvgIpc) is 2.34. The number of nitrogens with two attached hydrogens (primary N) is 1. The summed E-state index contributed by atoms with van der Waals surface area (Å²) in [6.45, 7) is 5.10. The maximum absolute atomic E-state index is 13.1. The average molecular weight is 267 g/mol. The van der Waals surface area contributed by atoms with E-state index < -0.39 is 6.43 Å². The number of halogens is 2. The Kier molecular flexibility index (Phi) is 5.56. The van der Waals surface area contributed by atoms with Gasteiger partial charge >= 0.3 is 0 Å². The summed E-state index contributed by atoms with van der Waals surface area (Å²) in [4.78, 5) is 1.83. The van der Waals surface area contributed by atoms with E-state index in [0.717, 1.165) is 0 Å². The fourth-order valence-electron chi connectivity index (χ4n) is 1.97. The van der Waals surface area contributed by atoms with E-state index in [0.29, 0.717) is 36.8 Å². The van der Waals surface area contributed by atoms with Crippen LogP contribution in [0.1, 0.15) is 32.3 Å². The lowest BCUT2D eigenvalue weighted by Gasteiger charge is -2.28. The summed E-state index contributed by atoms with van der Waals surface area (Å²) < 4.78 is 26.2. The molecule has 0 fully saturated rings. The Hall–Kier alpha value is -1.83. The lowest BCUT2D eigenvalue weighted by molar-refractivity contribution is 0.152.